The molecule has 0 radical (unpaired) electrons. The fourth-order valence-electron chi connectivity index (χ4n) is 1.27. The molecular formula is C11H5Cl2FN2O3. The van der Waals surface area contributed by atoms with E-state index in [2.05, 4.69) is 4.98 Å². The molecule has 2 rings (SSSR count). The molecular weight excluding hydrogens is 298 g/mol. The van der Waals surface area contributed by atoms with Crippen molar-refractivity contribution in [1.29, 1.82) is 0 Å². The summed E-state index contributed by atoms with van der Waals surface area (Å²) in [5, 5.41) is 10.8. The third kappa shape index (κ3) is 3.10. The highest BCUT2D eigenvalue weighted by Crippen LogP contribution is 2.33. The zero-order valence-electron chi connectivity index (χ0n) is 9.14. The highest BCUT2D eigenvalue weighted by Gasteiger charge is 2.14. The molecule has 0 aliphatic rings. The molecule has 0 bridgehead atoms. The number of nitrogens with zero attached hydrogens (tertiary/aromatic N) is 2. The molecule has 1 aromatic heterocycles. The van der Waals surface area contributed by atoms with E-state index in [0.29, 0.717) is 0 Å². The number of rotatable bonds is 3. The lowest BCUT2D eigenvalue weighted by atomic mass is 10.3. The summed E-state index contributed by atoms with van der Waals surface area (Å²) in [5.74, 6) is -1.23. The van der Waals surface area contributed by atoms with Gasteiger partial charge in [-0.3, -0.25) is 10.1 Å². The van der Waals surface area contributed by atoms with Crippen LogP contribution in [-0.4, -0.2) is 9.91 Å². The van der Waals surface area contributed by atoms with Gasteiger partial charge in [-0.25, -0.2) is 9.37 Å². The van der Waals surface area contributed by atoms with Gasteiger partial charge in [-0.2, -0.15) is 0 Å². The molecule has 0 atom stereocenters. The first-order valence-electron chi connectivity index (χ1n) is 4.90. The third-order valence-corrected chi connectivity index (χ3v) is 2.63. The molecule has 0 amide bonds. The molecule has 0 saturated carbocycles. The van der Waals surface area contributed by atoms with Crippen LogP contribution in [0.25, 0.3) is 0 Å². The van der Waals surface area contributed by atoms with Gasteiger partial charge in [0.05, 0.1) is 21.0 Å². The SMILES string of the molecule is O=[N+]([O-])c1ccc(Cl)c(Oc2ncc(Cl)cc2F)c1. The molecule has 8 heteroatoms. The Hall–Kier alpha value is -1.92. The molecule has 0 fully saturated rings. The van der Waals surface area contributed by atoms with Gasteiger partial charge in [0.15, 0.2) is 11.6 Å². The van der Waals surface area contributed by atoms with Gasteiger partial charge in [-0.1, -0.05) is 23.2 Å². The van der Waals surface area contributed by atoms with Gasteiger partial charge >= 0.3 is 0 Å². The lowest BCUT2D eigenvalue weighted by Gasteiger charge is -2.07. The lowest BCUT2D eigenvalue weighted by Crippen LogP contribution is -1.94. The molecule has 1 heterocycles. The van der Waals surface area contributed by atoms with Crippen molar-refractivity contribution in [3.05, 3.63) is 56.4 Å². The summed E-state index contributed by atoms with van der Waals surface area (Å²) in [7, 11) is 0. The van der Waals surface area contributed by atoms with Crippen LogP contribution in [0, 0.1) is 15.9 Å². The highest BCUT2D eigenvalue weighted by molar-refractivity contribution is 6.32. The van der Waals surface area contributed by atoms with Crippen molar-refractivity contribution in [2.24, 2.45) is 0 Å². The Morgan fingerprint density at radius 2 is 2.05 bits per heavy atom. The van der Waals surface area contributed by atoms with Crippen molar-refractivity contribution in [2.45, 2.75) is 0 Å². The normalized spacial score (nSPS) is 10.3. The van der Waals surface area contributed by atoms with E-state index in [4.69, 9.17) is 27.9 Å². The minimum Gasteiger partial charge on any atom is -0.435 e. The number of aromatic nitrogens is 1. The van der Waals surface area contributed by atoms with Crippen LogP contribution in [0.15, 0.2) is 30.5 Å². The Morgan fingerprint density at radius 3 is 2.68 bits per heavy atom. The molecule has 0 unspecified atom stereocenters. The number of pyridine rings is 1. The molecule has 19 heavy (non-hydrogen) atoms. The summed E-state index contributed by atoms with van der Waals surface area (Å²) in [6.07, 6.45) is 1.19. The van der Waals surface area contributed by atoms with Crippen LogP contribution in [0.5, 0.6) is 11.6 Å². The quantitative estimate of drug-likeness (QED) is 0.628. The zero-order chi connectivity index (χ0) is 14.0. The van der Waals surface area contributed by atoms with E-state index >= 15 is 0 Å². The van der Waals surface area contributed by atoms with Gasteiger partial charge in [0, 0.05) is 12.3 Å². The van der Waals surface area contributed by atoms with Gasteiger partial charge in [0.2, 0.25) is 0 Å². The second kappa shape index (κ2) is 5.38. The first kappa shape index (κ1) is 13.5. The molecule has 98 valence electrons. The van der Waals surface area contributed by atoms with Crippen LogP contribution >= 0.6 is 23.2 Å². The van der Waals surface area contributed by atoms with E-state index in [9.17, 15) is 14.5 Å². The fourth-order valence-corrected chi connectivity index (χ4v) is 1.57. The van der Waals surface area contributed by atoms with Crippen LogP contribution < -0.4 is 4.74 Å². The number of benzene rings is 1. The van der Waals surface area contributed by atoms with Crippen LogP contribution in [0.2, 0.25) is 10.0 Å². The van der Waals surface area contributed by atoms with Crippen LogP contribution in [0.4, 0.5) is 10.1 Å². The minimum atomic E-state index is -0.796. The predicted molar refractivity (Wildman–Crippen MR) is 67.4 cm³/mol. The van der Waals surface area contributed by atoms with Gasteiger partial charge in [-0.05, 0) is 12.1 Å². The van der Waals surface area contributed by atoms with Crippen molar-refractivity contribution in [3.8, 4) is 11.6 Å². The van der Waals surface area contributed by atoms with Crippen LogP contribution in [0.3, 0.4) is 0 Å². The number of ether oxygens (including phenoxy) is 1. The molecule has 0 saturated heterocycles. The van der Waals surface area contributed by atoms with E-state index < -0.39 is 10.7 Å². The summed E-state index contributed by atoms with van der Waals surface area (Å²) in [5.41, 5.74) is -0.228. The van der Waals surface area contributed by atoms with Gasteiger partial charge in [0.1, 0.15) is 0 Å². The fraction of sp³-hybridized carbons (Fsp3) is 0. The number of nitro groups is 1. The smallest absolute Gasteiger partial charge is 0.273 e. The zero-order valence-corrected chi connectivity index (χ0v) is 10.7. The first-order valence-corrected chi connectivity index (χ1v) is 5.66. The second-order valence-corrected chi connectivity index (χ2v) is 4.26. The molecule has 0 N–H and O–H groups in total. The number of hydrogen-bond donors (Lipinski definition) is 0. The first-order chi connectivity index (χ1) is 8.97. The Labute approximate surface area is 116 Å². The average molecular weight is 303 g/mol. The maximum absolute atomic E-state index is 13.5. The predicted octanol–water partition coefficient (Wildman–Crippen LogP) is 4.23. The van der Waals surface area contributed by atoms with Crippen molar-refractivity contribution in [2.75, 3.05) is 0 Å². The van der Waals surface area contributed by atoms with Crippen molar-refractivity contribution >= 4 is 28.9 Å². The summed E-state index contributed by atoms with van der Waals surface area (Å²) < 4.78 is 18.6. The Balaban J connectivity index is 2.37. The third-order valence-electron chi connectivity index (χ3n) is 2.11. The van der Waals surface area contributed by atoms with Crippen molar-refractivity contribution in [3.63, 3.8) is 0 Å². The largest absolute Gasteiger partial charge is 0.435 e. The maximum Gasteiger partial charge on any atom is 0.273 e. The Bertz CT molecular complexity index is 652. The van der Waals surface area contributed by atoms with E-state index in [0.717, 1.165) is 12.1 Å². The number of nitro benzene ring substituents is 1. The van der Waals surface area contributed by atoms with E-state index in [1.807, 2.05) is 0 Å². The number of halogens is 3. The van der Waals surface area contributed by atoms with E-state index in [-0.39, 0.29) is 27.4 Å². The topological polar surface area (TPSA) is 65.3 Å². The summed E-state index contributed by atoms with van der Waals surface area (Å²) in [4.78, 5) is 13.6. The van der Waals surface area contributed by atoms with Gasteiger partial charge in [0.25, 0.3) is 11.6 Å². The van der Waals surface area contributed by atoms with Crippen LogP contribution in [-0.2, 0) is 0 Å². The molecule has 0 aliphatic heterocycles. The second-order valence-electron chi connectivity index (χ2n) is 3.41. The number of hydrogen-bond acceptors (Lipinski definition) is 4. The highest BCUT2D eigenvalue weighted by atomic mass is 35.5. The standard InChI is InChI=1S/C11H5Cl2FN2O3/c12-6-3-9(14)11(15-5-6)19-10-4-7(16(17)18)1-2-8(10)13/h1-5H. The molecule has 1 aromatic carbocycles. The lowest BCUT2D eigenvalue weighted by molar-refractivity contribution is -0.384. The molecule has 0 spiro atoms. The van der Waals surface area contributed by atoms with E-state index in [1.54, 1.807) is 0 Å². The Kier molecular flexibility index (Phi) is 3.82. The molecule has 2 aromatic rings. The minimum absolute atomic E-state index is 0.0652. The number of non-ortho nitro benzene ring substituents is 1. The van der Waals surface area contributed by atoms with Gasteiger partial charge in [-0.15, -0.1) is 0 Å². The van der Waals surface area contributed by atoms with Crippen molar-refractivity contribution < 1.29 is 14.1 Å². The van der Waals surface area contributed by atoms with Crippen LogP contribution in [0.1, 0.15) is 0 Å². The van der Waals surface area contributed by atoms with E-state index in [1.165, 1.54) is 18.3 Å². The van der Waals surface area contributed by atoms with Gasteiger partial charge < -0.3 is 4.74 Å². The monoisotopic (exact) mass is 302 g/mol. The molecule has 5 nitrogen and oxygen atoms in total. The Morgan fingerprint density at radius 1 is 1.32 bits per heavy atom. The summed E-state index contributed by atoms with van der Waals surface area (Å²) in [6.45, 7) is 0. The maximum atomic E-state index is 13.5. The average Bonchev–Trinajstić information content (AvgIpc) is 2.34. The van der Waals surface area contributed by atoms with Crippen molar-refractivity contribution in [1.82, 2.24) is 4.98 Å². The summed E-state index contributed by atoms with van der Waals surface area (Å²) >= 11 is 11.4. The molecule has 0 aliphatic carbocycles. The summed E-state index contributed by atoms with van der Waals surface area (Å²) in [6, 6.07) is 4.58.